The van der Waals surface area contributed by atoms with E-state index in [1.54, 1.807) is 5.01 Å². The highest BCUT2D eigenvalue weighted by Crippen LogP contribution is 2.37. The zero-order valence-corrected chi connectivity index (χ0v) is 11.6. The molecule has 2 N–H and O–H groups in total. The van der Waals surface area contributed by atoms with Crippen molar-refractivity contribution >= 4 is 11.7 Å². The summed E-state index contributed by atoms with van der Waals surface area (Å²) >= 11 is 0. The number of carbonyl (C=O) groups is 1. The molecule has 1 saturated heterocycles. The summed E-state index contributed by atoms with van der Waals surface area (Å²) in [7, 11) is 0. The fourth-order valence-electron chi connectivity index (χ4n) is 3.36. The lowest BCUT2D eigenvalue weighted by Gasteiger charge is -2.40. The molecular weight excluding hydrogens is 250 g/mol. The minimum Gasteiger partial charge on any atom is -0.317 e. The molecule has 2 aliphatic rings. The molecule has 20 heavy (non-hydrogen) atoms. The van der Waals surface area contributed by atoms with Crippen molar-refractivity contribution in [2.45, 2.75) is 37.8 Å². The van der Waals surface area contributed by atoms with Gasteiger partial charge in [0.2, 0.25) is 0 Å². The average Bonchev–Trinajstić information content (AvgIpc) is 2.80. The number of nitrogens with one attached hydrogen (secondary N) is 2. The largest absolute Gasteiger partial charge is 0.338 e. The molecule has 1 aliphatic heterocycles. The Morgan fingerprint density at radius 1 is 1.35 bits per heavy atom. The van der Waals surface area contributed by atoms with Crippen LogP contribution in [0.5, 0.6) is 0 Å². The van der Waals surface area contributed by atoms with Crippen molar-refractivity contribution in [1.82, 2.24) is 10.7 Å². The Morgan fingerprint density at radius 2 is 2.15 bits per heavy atom. The Kier molecular flexibility index (Phi) is 3.49. The van der Waals surface area contributed by atoms with Crippen LogP contribution in [0.25, 0.3) is 0 Å². The Bertz CT molecular complexity index is 502. The predicted molar refractivity (Wildman–Crippen MR) is 80.1 cm³/mol. The third kappa shape index (κ3) is 2.20. The van der Waals surface area contributed by atoms with E-state index in [1.807, 2.05) is 36.4 Å². The number of hydrogen-bond acceptors (Lipinski definition) is 2. The van der Waals surface area contributed by atoms with Gasteiger partial charge in [0.15, 0.2) is 0 Å². The second kappa shape index (κ2) is 5.29. The van der Waals surface area contributed by atoms with Crippen LogP contribution in [-0.4, -0.2) is 11.7 Å². The highest BCUT2D eigenvalue weighted by atomic mass is 16.2. The van der Waals surface area contributed by atoms with Crippen molar-refractivity contribution in [3.8, 4) is 0 Å². The molecule has 0 bridgehead atoms. The number of amides is 2. The van der Waals surface area contributed by atoms with Crippen LogP contribution in [0.4, 0.5) is 10.5 Å². The third-order valence-electron chi connectivity index (χ3n) is 4.38. The van der Waals surface area contributed by atoms with Gasteiger partial charge in [-0.3, -0.25) is 0 Å². The molecule has 1 spiro atoms. The first kappa shape index (κ1) is 13.2. The maximum atomic E-state index is 12.3. The van der Waals surface area contributed by atoms with Gasteiger partial charge in [-0.2, -0.15) is 0 Å². The summed E-state index contributed by atoms with van der Waals surface area (Å²) in [6.07, 6.45) is 7.35. The van der Waals surface area contributed by atoms with Crippen molar-refractivity contribution < 1.29 is 4.79 Å². The monoisotopic (exact) mass is 271 g/mol. The maximum Gasteiger partial charge on any atom is 0.338 e. The summed E-state index contributed by atoms with van der Waals surface area (Å²) in [5.41, 5.74) is 4.01. The minimum atomic E-state index is -0.306. The highest BCUT2D eigenvalue weighted by Gasteiger charge is 2.48. The van der Waals surface area contributed by atoms with Crippen LogP contribution in [0, 0.1) is 5.92 Å². The Hall–Kier alpha value is -1.81. The van der Waals surface area contributed by atoms with Crippen molar-refractivity contribution in [2.75, 3.05) is 5.01 Å². The minimum absolute atomic E-state index is 0.0628. The zero-order chi connectivity index (χ0) is 14.0. The van der Waals surface area contributed by atoms with Crippen LogP contribution in [0.1, 0.15) is 32.1 Å². The molecular formula is C16H21N3O. The third-order valence-corrected chi connectivity index (χ3v) is 4.38. The van der Waals surface area contributed by atoms with E-state index < -0.39 is 0 Å². The number of urea groups is 1. The topological polar surface area (TPSA) is 44.4 Å². The molecule has 0 aromatic heterocycles. The van der Waals surface area contributed by atoms with Crippen LogP contribution in [0.15, 0.2) is 43.0 Å². The molecule has 0 radical (unpaired) electrons. The second-order valence-corrected chi connectivity index (χ2v) is 5.65. The molecule has 1 aliphatic carbocycles. The van der Waals surface area contributed by atoms with E-state index in [-0.39, 0.29) is 11.7 Å². The van der Waals surface area contributed by atoms with Gasteiger partial charge in [-0.05, 0) is 37.8 Å². The van der Waals surface area contributed by atoms with E-state index >= 15 is 0 Å². The molecule has 0 unspecified atom stereocenters. The van der Waals surface area contributed by atoms with Crippen molar-refractivity contribution in [2.24, 2.45) is 5.92 Å². The first-order chi connectivity index (χ1) is 9.75. The zero-order valence-electron chi connectivity index (χ0n) is 11.6. The van der Waals surface area contributed by atoms with E-state index in [0.29, 0.717) is 5.92 Å². The molecule has 2 amide bonds. The number of allylic oxidation sites excluding steroid dienone is 1. The first-order valence-electron chi connectivity index (χ1n) is 7.31. The summed E-state index contributed by atoms with van der Waals surface area (Å²) in [6, 6.07) is 9.66. The van der Waals surface area contributed by atoms with Crippen molar-refractivity contribution in [3.63, 3.8) is 0 Å². The normalized spacial score (nSPS) is 29.5. The number of anilines is 1. The molecule has 1 heterocycles. The molecule has 106 valence electrons. The van der Waals surface area contributed by atoms with Crippen LogP contribution in [-0.2, 0) is 0 Å². The number of rotatable bonds is 3. The molecule has 1 aromatic carbocycles. The molecule has 2 fully saturated rings. The highest BCUT2D eigenvalue weighted by molar-refractivity contribution is 5.93. The molecule has 4 heteroatoms. The second-order valence-electron chi connectivity index (χ2n) is 5.65. The van der Waals surface area contributed by atoms with E-state index in [1.165, 1.54) is 6.42 Å². The van der Waals surface area contributed by atoms with E-state index in [0.717, 1.165) is 31.4 Å². The first-order valence-corrected chi connectivity index (χ1v) is 7.31. The molecule has 4 nitrogen and oxygen atoms in total. The van der Waals surface area contributed by atoms with Gasteiger partial charge in [-0.1, -0.05) is 30.7 Å². The Labute approximate surface area is 119 Å². The fraction of sp³-hybridized carbons (Fsp3) is 0.438. The van der Waals surface area contributed by atoms with Crippen LogP contribution >= 0.6 is 0 Å². The smallest absolute Gasteiger partial charge is 0.317 e. The maximum absolute atomic E-state index is 12.3. The van der Waals surface area contributed by atoms with Crippen molar-refractivity contribution in [1.29, 1.82) is 0 Å². The van der Waals surface area contributed by atoms with Gasteiger partial charge < -0.3 is 5.32 Å². The van der Waals surface area contributed by atoms with Crippen LogP contribution < -0.4 is 15.8 Å². The quantitative estimate of drug-likeness (QED) is 0.829. The van der Waals surface area contributed by atoms with Crippen LogP contribution in [0.3, 0.4) is 0 Å². The Balaban J connectivity index is 1.85. The van der Waals surface area contributed by atoms with Crippen LogP contribution in [0.2, 0.25) is 0 Å². The number of hydrogen-bond donors (Lipinski definition) is 2. The lowest BCUT2D eigenvalue weighted by atomic mass is 9.77. The summed E-state index contributed by atoms with van der Waals surface area (Å²) in [4.78, 5) is 12.3. The standard InChI is InChI=1S/C16H21N3O/c1-2-8-13-9-6-7-12-16(13)17-15(20)19(18-16)14-10-4-3-5-11-14/h2-5,10-11,13,18H,1,6-9,12H2,(H,17,20)/t13-,16+/m1/s1. The molecule has 2 atom stereocenters. The van der Waals surface area contributed by atoms with Gasteiger partial charge in [0, 0.05) is 5.92 Å². The molecule has 1 saturated carbocycles. The van der Waals surface area contributed by atoms with Gasteiger partial charge in [0.25, 0.3) is 0 Å². The summed E-state index contributed by atoms with van der Waals surface area (Å²) in [5, 5.41) is 4.82. The van der Waals surface area contributed by atoms with Gasteiger partial charge >= 0.3 is 6.03 Å². The lowest BCUT2D eigenvalue weighted by molar-refractivity contribution is 0.141. The van der Waals surface area contributed by atoms with E-state index in [9.17, 15) is 4.79 Å². The summed E-state index contributed by atoms with van der Waals surface area (Å²) in [6.45, 7) is 3.85. The number of para-hydroxylation sites is 1. The van der Waals surface area contributed by atoms with Gasteiger partial charge in [-0.25, -0.2) is 15.2 Å². The van der Waals surface area contributed by atoms with E-state index in [2.05, 4.69) is 17.3 Å². The lowest BCUT2D eigenvalue weighted by Crippen LogP contribution is -2.58. The van der Waals surface area contributed by atoms with E-state index in [4.69, 9.17) is 0 Å². The summed E-state index contributed by atoms with van der Waals surface area (Å²) < 4.78 is 0. The van der Waals surface area contributed by atoms with Gasteiger partial charge in [-0.15, -0.1) is 6.58 Å². The SMILES string of the molecule is C=CC[C@@H]1CCCC[C@@]12NC(=O)N(c1ccccc1)N2. The summed E-state index contributed by atoms with van der Waals surface area (Å²) in [5.74, 6) is 0.409. The van der Waals surface area contributed by atoms with Gasteiger partial charge in [0.1, 0.15) is 5.66 Å². The predicted octanol–water partition coefficient (Wildman–Crippen LogP) is 3.18. The molecule has 3 rings (SSSR count). The average molecular weight is 271 g/mol. The number of nitrogens with zero attached hydrogens (tertiary/aromatic N) is 1. The number of carbonyl (C=O) groups excluding carboxylic acids is 1. The number of hydrazine groups is 1. The Morgan fingerprint density at radius 3 is 2.90 bits per heavy atom. The van der Waals surface area contributed by atoms with Crippen molar-refractivity contribution in [3.05, 3.63) is 43.0 Å². The number of benzene rings is 1. The van der Waals surface area contributed by atoms with Gasteiger partial charge in [0.05, 0.1) is 5.69 Å². The molecule has 1 aromatic rings. The fourth-order valence-corrected chi connectivity index (χ4v) is 3.36.